The number of fused-ring (bicyclic) bond motifs is 1. The van der Waals surface area contributed by atoms with E-state index in [1.807, 2.05) is 19.1 Å². The second-order valence-corrected chi connectivity index (χ2v) is 5.69. The summed E-state index contributed by atoms with van der Waals surface area (Å²) in [6.07, 6.45) is 2.91. The van der Waals surface area contributed by atoms with Gasteiger partial charge in [-0.2, -0.15) is 0 Å². The quantitative estimate of drug-likeness (QED) is 0.780. The first-order valence-electron chi connectivity index (χ1n) is 6.61. The van der Waals surface area contributed by atoms with Gasteiger partial charge in [-0.15, -0.1) is 11.3 Å². The van der Waals surface area contributed by atoms with Crippen molar-refractivity contribution in [1.29, 1.82) is 0 Å². The van der Waals surface area contributed by atoms with Crippen molar-refractivity contribution >= 4 is 21.4 Å². The van der Waals surface area contributed by atoms with Gasteiger partial charge in [0, 0.05) is 21.3 Å². The van der Waals surface area contributed by atoms with Gasteiger partial charge in [0.2, 0.25) is 0 Å². The first-order chi connectivity index (χ1) is 9.79. The van der Waals surface area contributed by atoms with Gasteiger partial charge in [-0.25, -0.2) is 4.39 Å². The summed E-state index contributed by atoms with van der Waals surface area (Å²) in [6, 6.07) is 12.0. The minimum Gasteiger partial charge on any atom is -0.306 e. The minimum absolute atomic E-state index is 0.125. The Hall–Kier alpha value is -1.78. The predicted molar refractivity (Wildman–Crippen MR) is 81.5 cm³/mol. The summed E-state index contributed by atoms with van der Waals surface area (Å²) in [4.78, 5) is 4.95. The fraction of sp³-hybridized carbons (Fsp3) is 0.188. The van der Waals surface area contributed by atoms with Gasteiger partial charge in [0.1, 0.15) is 5.82 Å². The third-order valence-electron chi connectivity index (χ3n) is 3.25. The van der Waals surface area contributed by atoms with Gasteiger partial charge in [-0.3, -0.25) is 4.98 Å². The van der Waals surface area contributed by atoms with Crippen LogP contribution >= 0.6 is 11.3 Å². The molecular weight excluding hydrogens is 271 g/mol. The zero-order chi connectivity index (χ0) is 13.9. The molecule has 0 spiro atoms. The molecule has 0 aliphatic carbocycles. The van der Waals surface area contributed by atoms with Crippen LogP contribution in [0.1, 0.15) is 23.4 Å². The van der Waals surface area contributed by atoms with E-state index < -0.39 is 0 Å². The molecule has 102 valence electrons. The number of pyridine rings is 1. The highest BCUT2D eigenvalue weighted by Gasteiger charge is 2.19. The minimum atomic E-state index is -0.268. The van der Waals surface area contributed by atoms with Crippen LogP contribution in [-0.2, 0) is 0 Å². The SMILES string of the molecule is CCNC(c1cc2ccccc2s1)c1ccncc1F. The summed E-state index contributed by atoms with van der Waals surface area (Å²) < 4.78 is 15.2. The second-order valence-electron chi connectivity index (χ2n) is 4.57. The van der Waals surface area contributed by atoms with Crippen molar-refractivity contribution in [2.24, 2.45) is 0 Å². The molecule has 1 aromatic carbocycles. The van der Waals surface area contributed by atoms with Crippen molar-refractivity contribution in [3.05, 3.63) is 65.0 Å². The summed E-state index contributed by atoms with van der Waals surface area (Å²) in [5.74, 6) is -0.268. The number of thiophene rings is 1. The van der Waals surface area contributed by atoms with Crippen molar-refractivity contribution in [2.75, 3.05) is 6.54 Å². The smallest absolute Gasteiger partial charge is 0.146 e. The van der Waals surface area contributed by atoms with Crippen LogP contribution in [0.4, 0.5) is 4.39 Å². The molecule has 0 bridgehead atoms. The van der Waals surface area contributed by atoms with Crippen molar-refractivity contribution in [1.82, 2.24) is 10.3 Å². The average Bonchev–Trinajstić information content (AvgIpc) is 2.89. The fourth-order valence-electron chi connectivity index (χ4n) is 2.33. The summed E-state index contributed by atoms with van der Waals surface area (Å²) in [5.41, 5.74) is 0.647. The zero-order valence-corrected chi connectivity index (χ0v) is 12.0. The highest BCUT2D eigenvalue weighted by molar-refractivity contribution is 7.19. The van der Waals surface area contributed by atoms with Crippen molar-refractivity contribution < 1.29 is 4.39 Å². The third-order valence-corrected chi connectivity index (χ3v) is 4.43. The Balaban J connectivity index is 2.08. The maximum absolute atomic E-state index is 14.0. The lowest BCUT2D eigenvalue weighted by molar-refractivity contribution is 0.558. The predicted octanol–water partition coefficient (Wildman–Crippen LogP) is 4.13. The second kappa shape index (κ2) is 5.69. The molecule has 0 saturated carbocycles. The van der Waals surface area contributed by atoms with Gasteiger partial charge in [0.25, 0.3) is 0 Å². The van der Waals surface area contributed by atoms with Crippen LogP contribution in [0.2, 0.25) is 0 Å². The van der Waals surface area contributed by atoms with Crippen LogP contribution < -0.4 is 5.32 Å². The van der Waals surface area contributed by atoms with Crippen LogP contribution in [0.25, 0.3) is 10.1 Å². The highest BCUT2D eigenvalue weighted by atomic mass is 32.1. The van der Waals surface area contributed by atoms with E-state index in [-0.39, 0.29) is 11.9 Å². The summed E-state index contributed by atoms with van der Waals surface area (Å²) in [7, 11) is 0. The standard InChI is InChI=1S/C16H15FN2S/c1-2-19-16(12-7-8-18-10-13(12)17)15-9-11-5-3-4-6-14(11)20-15/h3-10,16,19H,2H2,1H3. The Labute approximate surface area is 121 Å². The molecule has 4 heteroatoms. The third kappa shape index (κ3) is 2.44. The molecule has 3 rings (SSSR count). The maximum Gasteiger partial charge on any atom is 0.146 e. The maximum atomic E-state index is 14.0. The normalized spacial score (nSPS) is 12.7. The lowest BCUT2D eigenvalue weighted by Gasteiger charge is -2.17. The monoisotopic (exact) mass is 286 g/mol. The molecule has 1 N–H and O–H groups in total. The largest absolute Gasteiger partial charge is 0.306 e. The van der Waals surface area contributed by atoms with Crippen molar-refractivity contribution in [3.8, 4) is 0 Å². The molecule has 2 heterocycles. The first kappa shape index (κ1) is 13.2. The Bertz CT molecular complexity index is 690. The number of hydrogen-bond donors (Lipinski definition) is 1. The lowest BCUT2D eigenvalue weighted by atomic mass is 10.1. The molecule has 1 atom stereocenters. The molecule has 20 heavy (non-hydrogen) atoms. The van der Waals surface area contributed by atoms with Gasteiger partial charge in [0.15, 0.2) is 0 Å². The number of nitrogens with zero attached hydrogens (tertiary/aromatic N) is 1. The van der Waals surface area contributed by atoms with Gasteiger partial charge in [-0.05, 0) is 30.1 Å². The molecule has 0 fully saturated rings. The number of nitrogens with one attached hydrogen (secondary N) is 1. The van der Waals surface area contributed by atoms with Crippen LogP contribution in [0.15, 0.2) is 48.8 Å². The van der Waals surface area contributed by atoms with Gasteiger partial charge < -0.3 is 5.32 Å². The number of aromatic nitrogens is 1. The zero-order valence-electron chi connectivity index (χ0n) is 11.1. The highest BCUT2D eigenvalue weighted by Crippen LogP contribution is 2.33. The number of halogens is 1. The lowest BCUT2D eigenvalue weighted by Crippen LogP contribution is -2.22. The topological polar surface area (TPSA) is 24.9 Å². The number of rotatable bonds is 4. The Morgan fingerprint density at radius 1 is 1.30 bits per heavy atom. The van der Waals surface area contributed by atoms with Crippen LogP contribution in [0, 0.1) is 5.82 Å². The van der Waals surface area contributed by atoms with E-state index in [2.05, 4.69) is 28.5 Å². The van der Waals surface area contributed by atoms with Crippen LogP contribution in [-0.4, -0.2) is 11.5 Å². The van der Waals surface area contributed by atoms with Gasteiger partial charge >= 0.3 is 0 Å². The van der Waals surface area contributed by atoms with E-state index in [9.17, 15) is 4.39 Å². The molecular formula is C16H15FN2S. The van der Waals surface area contributed by atoms with E-state index in [0.29, 0.717) is 5.56 Å². The molecule has 0 saturated heterocycles. The molecule has 1 unspecified atom stereocenters. The van der Waals surface area contributed by atoms with E-state index in [1.165, 1.54) is 16.3 Å². The Morgan fingerprint density at radius 3 is 2.90 bits per heavy atom. The molecule has 2 aromatic heterocycles. The van der Waals surface area contributed by atoms with E-state index >= 15 is 0 Å². The van der Waals surface area contributed by atoms with Crippen LogP contribution in [0.5, 0.6) is 0 Å². The van der Waals surface area contributed by atoms with Gasteiger partial charge in [-0.1, -0.05) is 25.1 Å². The molecule has 0 amide bonds. The van der Waals surface area contributed by atoms with E-state index in [4.69, 9.17) is 0 Å². The Kier molecular flexibility index (Phi) is 3.76. The molecule has 0 radical (unpaired) electrons. The number of benzene rings is 1. The van der Waals surface area contributed by atoms with E-state index in [1.54, 1.807) is 23.6 Å². The molecule has 2 nitrogen and oxygen atoms in total. The van der Waals surface area contributed by atoms with E-state index in [0.717, 1.165) is 11.4 Å². The Morgan fingerprint density at radius 2 is 2.15 bits per heavy atom. The van der Waals surface area contributed by atoms with Crippen LogP contribution in [0.3, 0.4) is 0 Å². The molecule has 0 aliphatic heterocycles. The van der Waals surface area contributed by atoms with Crippen molar-refractivity contribution in [2.45, 2.75) is 13.0 Å². The first-order valence-corrected chi connectivity index (χ1v) is 7.42. The summed E-state index contributed by atoms with van der Waals surface area (Å²) in [6.45, 7) is 2.81. The van der Waals surface area contributed by atoms with Gasteiger partial charge in [0.05, 0.1) is 12.2 Å². The molecule has 3 aromatic rings. The fourth-order valence-corrected chi connectivity index (χ4v) is 3.49. The number of hydrogen-bond acceptors (Lipinski definition) is 3. The molecule has 0 aliphatic rings. The average molecular weight is 286 g/mol. The summed E-state index contributed by atoms with van der Waals surface area (Å²) >= 11 is 1.70. The summed E-state index contributed by atoms with van der Waals surface area (Å²) in [5, 5.41) is 4.56. The van der Waals surface area contributed by atoms with Crippen molar-refractivity contribution in [3.63, 3.8) is 0 Å².